The van der Waals surface area contributed by atoms with E-state index in [0.717, 1.165) is 46.1 Å². The zero-order chi connectivity index (χ0) is 27.3. The van der Waals surface area contributed by atoms with Crippen molar-refractivity contribution in [3.63, 3.8) is 0 Å². The van der Waals surface area contributed by atoms with Crippen LogP contribution in [0.4, 0.5) is 15.1 Å². The van der Waals surface area contributed by atoms with Gasteiger partial charge in [0.2, 0.25) is 5.91 Å². The second-order valence-corrected chi connectivity index (χ2v) is 11.5. The summed E-state index contributed by atoms with van der Waals surface area (Å²) in [5, 5.41) is 3.09. The molecule has 1 aliphatic carbocycles. The van der Waals surface area contributed by atoms with E-state index in [2.05, 4.69) is 5.32 Å². The molecule has 202 valence electrons. The number of esters is 1. The van der Waals surface area contributed by atoms with Crippen LogP contribution in [0.5, 0.6) is 5.75 Å². The maximum atomic E-state index is 13.6. The molecule has 1 aliphatic rings. The molecule has 1 N–H and O–H groups in total. The third kappa shape index (κ3) is 5.99. The monoisotopic (exact) mass is 560 g/mol. The Morgan fingerprint density at radius 1 is 1.00 bits per heavy atom. The first-order valence-electron chi connectivity index (χ1n) is 12.4. The van der Waals surface area contributed by atoms with Crippen molar-refractivity contribution in [1.82, 2.24) is 0 Å². The lowest BCUT2D eigenvalue weighted by Gasteiger charge is -2.24. The Kier molecular flexibility index (Phi) is 8.68. The number of halogens is 1. The third-order valence-corrected chi connectivity index (χ3v) is 9.02. The first-order valence-corrected chi connectivity index (χ1v) is 14.6. The van der Waals surface area contributed by atoms with Gasteiger partial charge in [0, 0.05) is 4.88 Å². The molecule has 11 heteroatoms. The van der Waals surface area contributed by atoms with Crippen LogP contribution in [0.2, 0.25) is 0 Å². The van der Waals surface area contributed by atoms with Crippen LogP contribution in [0.1, 0.15) is 47.5 Å². The molecule has 0 spiro atoms. The van der Waals surface area contributed by atoms with E-state index in [1.807, 2.05) is 6.92 Å². The summed E-state index contributed by atoms with van der Waals surface area (Å²) in [5.74, 6) is -1.20. The molecule has 0 unspecified atom stereocenters. The highest BCUT2D eigenvalue weighted by Gasteiger charge is 2.30. The number of thiophene rings is 1. The van der Waals surface area contributed by atoms with Gasteiger partial charge in [0.15, 0.2) is 0 Å². The molecular formula is C27H29FN2O6S2. The van der Waals surface area contributed by atoms with Crippen molar-refractivity contribution in [2.24, 2.45) is 0 Å². The Balaban J connectivity index is 1.65. The van der Waals surface area contributed by atoms with Crippen molar-refractivity contribution >= 4 is 43.9 Å². The average Bonchev–Trinajstić information content (AvgIpc) is 3.26. The van der Waals surface area contributed by atoms with Gasteiger partial charge in [-0.3, -0.25) is 9.10 Å². The Labute approximate surface area is 225 Å². The van der Waals surface area contributed by atoms with Gasteiger partial charge in [0.05, 0.1) is 29.4 Å². The number of nitrogens with zero attached hydrogens (tertiary/aromatic N) is 1. The fourth-order valence-electron chi connectivity index (χ4n) is 4.29. The molecule has 8 nitrogen and oxygen atoms in total. The van der Waals surface area contributed by atoms with Crippen LogP contribution in [0, 0.1) is 5.82 Å². The number of anilines is 2. The molecular weight excluding hydrogens is 531 g/mol. The Hall–Kier alpha value is -3.44. The van der Waals surface area contributed by atoms with Crippen LogP contribution in [0.3, 0.4) is 0 Å². The molecule has 1 aromatic heterocycles. The maximum Gasteiger partial charge on any atom is 0.341 e. The quantitative estimate of drug-likeness (QED) is 0.343. The molecule has 1 amide bonds. The number of ether oxygens (including phenoxy) is 2. The van der Waals surface area contributed by atoms with E-state index >= 15 is 0 Å². The van der Waals surface area contributed by atoms with E-state index in [0.29, 0.717) is 29.3 Å². The van der Waals surface area contributed by atoms with E-state index in [9.17, 15) is 22.4 Å². The van der Waals surface area contributed by atoms with Crippen LogP contribution in [-0.4, -0.2) is 40.1 Å². The lowest BCUT2D eigenvalue weighted by Crippen LogP contribution is -2.38. The number of nitrogens with one attached hydrogen (secondary N) is 1. The molecule has 0 bridgehead atoms. The summed E-state index contributed by atoms with van der Waals surface area (Å²) >= 11 is 1.32. The molecule has 1 heterocycles. The van der Waals surface area contributed by atoms with E-state index in [4.69, 9.17) is 9.47 Å². The number of fused-ring (bicyclic) bond motifs is 1. The van der Waals surface area contributed by atoms with Crippen LogP contribution < -0.4 is 14.4 Å². The van der Waals surface area contributed by atoms with Crippen molar-refractivity contribution in [2.75, 3.05) is 29.4 Å². The summed E-state index contributed by atoms with van der Waals surface area (Å²) in [4.78, 5) is 27.0. The number of sulfonamides is 1. The normalized spacial score (nSPS) is 12.9. The molecule has 38 heavy (non-hydrogen) atoms. The van der Waals surface area contributed by atoms with Gasteiger partial charge in [0.25, 0.3) is 10.0 Å². The molecule has 3 aromatic rings. The molecule has 4 rings (SSSR count). The van der Waals surface area contributed by atoms with Gasteiger partial charge in [-0.15, -0.1) is 11.3 Å². The summed E-state index contributed by atoms with van der Waals surface area (Å²) < 4.78 is 52.4. The highest BCUT2D eigenvalue weighted by molar-refractivity contribution is 7.92. The largest absolute Gasteiger partial charge is 0.494 e. The zero-order valence-electron chi connectivity index (χ0n) is 21.2. The predicted molar refractivity (Wildman–Crippen MR) is 144 cm³/mol. The number of aryl methyl sites for hydroxylation is 1. The van der Waals surface area contributed by atoms with Gasteiger partial charge in [0.1, 0.15) is 23.1 Å². The highest BCUT2D eigenvalue weighted by atomic mass is 32.2. The van der Waals surface area contributed by atoms with Crippen molar-refractivity contribution in [1.29, 1.82) is 0 Å². The van der Waals surface area contributed by atoms with Gasteiger partial charge >= 0.3 is 5.97 Å². The van der Waals surface area contributed by atoms with Gasteiger partial charge in [-0.25, -0.2) is 17.6 Å². The molecule has 0 fully saturated rings. The third-order valence-electron chi connectivity index (χ3n) is 6.03. The highest BCUT2D eigenvalue weighted by Crippen LogP contribution is 2.38. The molecule has 0 radical (unpaired) electrons. The van der Waals surface area contributed by atoms with Crippen molar-refractivity contribution in [3.8, 4) is 5.75 Å². The summed E-state index contributed by atoms with van der Waals surface area (Å²) in [7, 11) is -4.22. The van der Waals surface area contributed by atoms with Crippen LogP contribution in [0.15, 0.2) is 53.4 Å². The minimum atomic E-state index is -4.22. The van der Waals surface area contributed by atoms with Gasteiger partial charge < -0.3 is 14.8 Å². The van der Waals surface area contributed by atoms with Gasteiger partial charge in [-0.2, -0.15) is 0 Å². The first-order chi connectivity index (χ1) is 18.2. The molecule has 0 aliphatic heterocycles. The smallest absolute Gasteiger partial charge is 0.341 e. The van der Waals surface area contributed by atoms with E-state index < -0.39 is 34.3 Å². The number of amides is 1. The van der Waals surface area contributed by atoms with Crippen molar-refractivity contribution < 1.29 is 31.9 Å². The van der Waals surface area contributed by atoms with Crippen LogP contribution in [0.25, 0.3) is 0 Å². The molecule has 2 aromatic carbocycles. The van der Waals surface area contributed by atoms with E-state index in [1.165, 1.54) is 47.7 Å². The summed E-state index contributed by atoms with van der Waals surface area (Å²) in [6.45, 7) is 3.55. The minimum Gasteiger partial charge on any atom is -0.494 e. The number of carbonyl (C=O) groups is 2. The minimum absolute atomic E-state index is 0.0584. The van der Waals surface area contributed by atoms with E-state index in [-0.39, 0.29) is 17.2 Å². The molecule has 0 saturated heterocycles. The lowest BCUT2D eigenvalue weighted by molar-refractivity contribution is -0.114. The SMILES string of the molecule is CCOC(=O)c1c(NC(=O)CN(c2ccc(F)cc2)S(=O)(=O)c2ccc(OCC)cc2)sc2c1CCCC2. The Bertz CT molecular complexity index is 1400. The standard InChI is InChI=1S/C27H29FN2O6S2/c1-3-35-20-13-15-21(16-14-20)38(33,34)30(19-11-9-18(28)10-12-19)17-24(31)29-26-25(27(32)36-4-2)22-7-5-6-8-23(22)37-26/h9-16H,3-8,17H2,1-2H3,(H,29,31). The summed E-state index contributed by atoms with van der Waals surface area (Å²) in [5.41, 5.74) is 1.33. The number of carbonyl (C=O) groups excluding carboxylic acids is 2. The van der Waals surface area contributed by atoms with Gasteiger partial charge in [-0.05, 0) is 93.6 Å². The number of benzene rings is 2. The van der Waals surface area contributed by atoms with Crippen molar-refractivity contribution in [3.05, 3.63) is 70.4 Å². The topological polar surface area (TPSA) is 102 Å². The fraction of sp³-hybridized carbons (Fsp3) is 0.333. The lowest BCUT2D eigenvalue weighted by atomic mass is 9.95. The number of hydrogen-bond donors (Lipinski definition) is 1. The van der Waals surface area contributed by atoms with Crippen LogP contribution in [-0.2, 0) is 32.4 Å². The molecule has 0 saturated carbocycles. The second-order valence-electron chi connectivity index (χ2n) is 8.58. The first kappa shape index (κ1) is 27.6. The number of hydrogen-bond acceptors (Lipinski definition) is 7. The van der Waals surface area contributed by atoms with Crippen LogP contribution >= 0.6 is 11.3 Å². The Morgan fingerprint density at radius 2 is 1.68 bits per heavy atom. The number of rotatable bonds is 10. The summed E-state index contributed by atoms with van der Waals surface area (Å²) in [6, 6.07) is 10.7. The maximum absolute atomic E-state index is 13.6. The second kappa shape index (κ2) is 12.0. The average molecular weight is 561 g/mol. The zero-order valence-corrected chi connectivity index (χ0v) is 22.8. The van der Waals surface area contributed by atoms with E-state index in [1.54, 1.807) is 6.92 Å². The fourth-order valence-corrected chi connectivity index (χ4v) is 7.01. The Morgan fingerprint density at radius 3 is 2.34 bits per heavy atom. The molecule has 0 atom stereocenters. The summed E-state index contributed by atoms with van der Waals surface area (Å²) in [6.07, 6.45) is 3.43. The predicted octanol–water partition coefficient (Wildman–Crippen LogP) is 5.18. The van der Waals surface area contributed by atoms with Crippen molar-refractivity contribution in [2.45, 2.75) is 44.4 Å². The van der Waals surface area contributed by atoms with Gasteiger partial charge in [-0.1, -0.05) is 0 Å².